The van der Waals surface area contributed by atoms with E-state index in [4.69, 9.17) is 9.47 Å². The number of carbonyl (C=O) groups is 1. The second-order valence-electron chi connectivity index (χ2n) is 8.59. The molecular formula is C21H32O3. The Morgan fingerprint density at radius 2 is 2.04 bits per heavy atom. The first-order valence-corrected chi connectivity index (χ1v) is 9.31. The van der Waals surface area contributed by atoms with E-state index in [2.05, 4.69) is 33.4 Å². The van der Waals surface area contributed by atoms with Crippen molar-refractivity contribution < 1.29 is 14.3 Å². The molecule has 3 heteroatoms. The normalized spacial score (nSPS) is 47.4. The van der Waals surface area contributed by atoms with E-state index in [-0.39, 0.29) is 17.0 Å². The quantitative estimate of drug-likeness (QED) is 0.426. The Balaban J connectivity index is 2.07. The van der Waals surface area contributed by atoms with Crippen molar-refractivity contribution in [3.8, 4) is 0 Å². The van der Waals surface area contributed by atoms with E-state index in [9.17, 15) is 4.79 Å². The second-order valence-corrected chi connectivity index (χ2v) is 8.59. The number of epoxide rings is 1. The van der Waals surface area contributed by atoms with Gasteiger partial charge in [0.05, 0.1) is 24.2 Å². The van der Waals surface area contributed by atoms with Crippen LogP contribution in [0.3, 0.4) is 0 Å². The van der Waals surface area contributed by atoms with Crippen LogP contribution in [0.1, 0.15) is 59.8 Å². The lowest BCUT2D eigenvalue weighted by molar-refractivity contribution is -0.179. The summed E-state index contributed by atoms with van der Waals surface area (Å²) in [6.45, 7) is 12.7. The predicted octanol–water partition coefficient (Wildman–Crippen LogP) is 4.67. The van der Waals surface area contributed by atoms with Gasteiger partial charge in [-0.25, -0.2) is 0 Å². The molecule has 0 radical (unpaired) electrons. The fraction of sp³-hybridized carbons (Fsp3) is 0.762. The molecule has 3 rings (SSSR count). The van der Waals surface area contributed by atoms with Gasteiger partial charge >= 0.3 is 5.97 Å². The number of carbonyl (C=O) groups excluding carboxylic acids is 1. The molecule has 1 aliphatic heterocycles. The number of esters is 1. The van der Waals surface area contributed by atoms with E-state index in [0.717, 1.165) is 37.7 Å². The maximum absolute atomic E-state index is 13.1. The smallest absolute Gasteiger partial charge is 0.312 e. The van der Waals surface area contributed by atoms with Crippen LogP contribution >= 0.6 is 0 Å². The molecule has 0 spiro atoms. The average molecular weight is 332 g/mol. The molecule has 1 heterocycles. The third-order valence-electron chi connectivity index (χ3n) is 7.81. The average Bonchev–Trinajstić information content (AvgIpc) is 3.26. The van der Waals surface area contributed by atoms with E-state index in [1.807, 2.05) is 13.0 Å². The van der Waals surface area contributed by atoms with E-state index in [1.165, 1.54) is 7.11 Å². The zero-order valence-corrected chi connectivity index (χ0v) is 15.9. The van der Waals surface area contributed by atoms with Crippen LogP contribution < -0.4 is 0 Å². The highest BCUT2D eigenvalue weighted by molar-refractivity contribution is 5.78. The van der Waals surface area contributed by atoms with E-state index >= 15 is 0 Å². The Hall–Kier alpha value is -1.09. The van der Waals surface area contributed by atoms with Crippen LogP contribution in [0.2, 0.25) is 0 Å². The van der Waals surface area contributed by atoms with Crippen LogP contribution in [0.5, 0.6) is 0 Å². The van der Waals surface area contributed by atoms with Crippen molar-refractivity contribution in [1.82, 2.24) is 0 Å². The Kier molecular flexibility index (Phi) is 4.23. The summed E-state index contributed by atoms with van der Waals surface area (Å²) < 4.78 is 11.5. The molecule has 0 aromatic carbocycles. The maximum atomic E-state index is 13.1. The molecule has 2 aliphatic carbocycles. The number of hydrogen-bond acceptors (Lipinski definition) is 3. The van der Waals surface area contributed by atoms with Gasteiger partial charge in [0.1, 0.15) is 0 Å². The number of rotatable bonds is 4. The van der Waals surface area contributed by atoms with E-state index in [0.29, 0.717) is 17.9 Å². The van der Waals surface area contributed by atoms with Gasteiger partial charge in [0.15, 0.2) is 0 Å². The predicted molar refractivity (Wildman–Crippen MR) is 95.5 cm³/mol. The number of ether oxygens (including phenoxy) is 2. The molecule has 0 bridgehead atoms. The minimum Gasteiger partial charge on any atom is -0.469 e. The third kappa shape index (κ3) is 2.16. The first-order valence-electron chi connectivity index (χ1n) is 9.31. The van der Waals surface area contributed by atoms with Gasteiger partial charge in [0.2, 0.25) is 0 Å². The summed E-state index contributed by atoms with van der Waals surface area (Å²) >= 11 is 0. The lowest BCUT2D eigenvalue weighted by Gasteiger charge is -2.58. The molecular weight excluding hydrogens is 300 g/mol. The Morgan fingerprint density at radius 3 is 2.67 bits per heavy atom. The summed E-state index contributed by atoms with van der Waals surface area (Å²) in [4.78, 5) is 13.1. The van der Waals surface area contributed by atoms with Crippen LogP contribution in [0.25, 0.3) is 0 Å². The third-order valence-corrected chi connectivity index (χ3v) is 7.81. The number of hydrogen-bond donors (Lipinski definition) is 0. The fourth-order valence-corrected chi connectivity index (χ4v) is 5.82. The highest BCUT2D eigenvalue weighted by Gasteiger charge is 2.73. The van der Waals surface area contributed by atoms with Crippen molar-refractivity contribution in [3.05, 3.63) is 24.3 Å². The molecule has 2 saturated carbocycles. The van der Waals surface area contributed by atoms with Crippen LogP contribution in [-0.2, 0) is 14.3 Å². The van der Waals surface area contributed by atoms with Gasteiger partial charge in [-0.1, -0.05) is 38.2 Å². The monoisotopic (exact) mass is 332 g/mol. The largest absolute Gasteiger partial charge is 0.469 e. The number of methoxy groups -OCH3 is 1. The summed E-state index contributed by atoms with van der Waals surface area (Å²) in [5.74, 6) is 0.580. The van der Waals surface area contributed by atoms with Crippen LogP contribution in [0.4, 0.5) is 0 Å². The summed E-state index contributed by atoms with van der Waals surface area (Å²) in [6, 6.07) is 0. The topological polar surface area (TPSA) is 38.8 Å². The van der Waals surface area contributed by atoms with Crippen molar-refractivity contribution >= 4 is 5.97 Å². The standard InChI is InChI=1S/C21H32O3/c1-7-14(2)10-13-21(18(22)23-6)15(3)11-12-19(4)16(21)8-9-17-20(19,5)24-17/h7,10,15-17H,1,8-9,11-13H2,2-6H3/b14-10-/t15-,16+,17-,19-,20-,21-/m0/s1. The molecule has 3 fully saturated rings. The van der Waals surface area contributed by atoms with Crippen molar-refractivity contribution in [2.45, 2.75) is 71.5 Å². The second kappa shape index (κ2) is 5.72. The van der Waals surface area contributed by atoms with Gasteiger partial charge < -0.3 is 9.47 Å². The fourth-order valence-electron chi connectivity index (χ4n) is 5.82. The molecule has 0 aromatic rings. The highest BCUT2D eigenvalue weighted by Crippen LogP contribution is 2.70. The molecule has 0 N–H and O–H groups in total. The van der Waals surface area contributed by atoms with Crippen LogP contribution in [-0.4, -0.2) is 24.8 Å². The van der Waals surface area contributed by atoms with Crippen molar-refractivity contribution in [2.24, 2.45) is 22.7 Å². The summed E-state index contributed by atoms with van der Waals surface area (Å²) in [5, 5.41) is 0. The summed E-state index contributed by atoms with van der Waals surface area (Å²) in [5.41, 5.74) is 0.658. The summed E-state index contributed by atoms with van der Waals surface area (Å²) in [6.07, 6.45) is 9.45. The molecule has 3 aliphatic rings. The van der Waals surface area contributed by atoms with Gasteiger partial charge in [-0.3, -0.25) is 4.79 Å². The Labute approximate surface area is 146 Å². The van der Waals surface area contributed by atoms with Gasteiger partial charge in [-0.05, 0) is 57.8 Å². The zero-order chi connectivity index (χ0) is 17.8. The highest BCUT2D eigenvalue weighted by atomic mass is 16.6. The SMILES string of the molecule is C=C/C(C)=C\C[C@]1(C(=O)OC)[C@@H](C)CC[C@@]2(C)[C@H]1CC[C@@H]1O[C@@]12C. The van der Waals surface area contributed by atoms with Crippen LogP contribution in [0.15, 0.2) is 24.3 Å². The minimum atomic E-state index is -0.452. The van der Waals surface area contributed by atoms with Crippen molar-refractivity contribution in [3.63, 3.8) is 0 Å². The van der Waals surface area contributed by atoms with Gasteiger partial charge in [0, 0.05) is 5.41 Å². The van der Waals surface area contributed by atoms with Gasteiger partial charge in [-0.15, -0.1) is 0 Å². The van der Waals surface area contributed by atoms with Crippen LogP contribution in [0, 0.1) is 22.7 Å². The number of allylic oxidation sites excluding steroid dienone is 3. The molecule has 6 atom stereocenters. The molecule has 0 aromatic heterocycles. The zero-order valence-electron chi connectivity index (χ0n) is 15.9. The first-order chi connectivity index (χ1) is 11.3. The molecule has 3 nitrogen and oxygen atoms in total. The maximum Gasteiger partial charge on any atom is 0.312 e. The van der Waals surface area contributed by atoms with Gasteiger partial charge in [-0.2, -0.15) is 0 Å². The minimum absolute atomic E-state index is 0.0401. The van der Waals surface area contributed by atoms with Crippen molar-refractivity contribution in [2.75, 3.05) is 7.11 Å². The molecule has 134 valence electrons. The Morgan fingerprint density at radius 1 is 1.33 bits per heavy atom. The molecule has 0 amide bonds. The Bertz CT molecular complexity index is 580. The van der Waals surface area contributed by atoms with E-state index in [1.54, 1.807) is 0 Å². The van der Waals surface area contributed by atoms with E-state index < -0.39 is 5.41 Å². The lowest BCUT2D eigenvalue weighted by Crippen LogP contribution is -2.60. The summed E-state index contributed by atoms with van der Waals surface area (Å²) in [7, 11) is 1.54. The molecule has 0 unspecified atom stereocenters. The van der Waals surface area contributed by atoms with Gasteiger partial charge in [0.25, 0.3) is 0 Å². The first kappa shape index (κ1) is 17.7. The molecule has 24 heavy (non-hydrogen) atoms. The van der Waals surface area contributed by atoms with Crippen molar-refractivity contribution in [1.29, 1.82) is 0 Å². The number of fused-ring (bicyclic) bond motifs is 3. The molecule has 1 saturated heterocycles. The lowest BCUT2D eigenvalue weighted by atomic mass is 9.44.